The van der Waals surface area contributed by atoms with Gasteiger partial charge in [0, 0.05) is 12.3 Å². The van der Waals surface area contributed by atoms with Gasteiger partial charge < -0.3 is 19.2 Å². The average molecular weight is 250 g/mol. The van der Waals surface area contributed by atoms with E-state index in [0.29, 0.717) is 12.3 Å². The molecule has 0 aromatic carbocycles. The van der Waals surface area contributed by atoms with E-state index >= 15 is 0 Å². The second-order valence-electron chi connectivity index (χ2n) is 1.84. The van der Waals surface area contributed by atoms with Crippen LogP contribution in [0.1, 0.15) is 6.42 Å². The summed E-state index contributed by atoms with van der Waals surface area (Å²) in [5.74, 6) is 0.382. The van der Waals surface area contributed by atoms with Crippen LogP contribution in [0.3, 0.4) is 0 Å². The molecule has 0 saturated carbocycles. The number of hydrogen-bond acceptors (Lipinski definition) is 4. The first-order chi connectivity index (χ1) is 6.93. The fourth-order valence-corrected chi connectivity index (χ4v) is 0.746. The number of rotatable bonds is 2. The Balaban J connectivity index is -0.0000000755. The van der Waals surface area contributed by atoms with Crippen molar-refractivity contribution in [1.29, 1.82) is 0 Å². The SMILES string of the molecule is O=CCC1C=CC=C1.[CH-]=O.[CH-]=O.[CH-]=O.[Mn+3]. The summed E-state index contributed by atoms with van der Waals surface area (Å²) in [6.45, 7) is 9.75. The predicted octanol–water partition coefficient (Wildman–Crippen LogP) is 0.493. The van der Waals surface area contributed by atoms with Gasteiger partial charge in [-0.2, -0.15) is 0 Å². The van der Waals surface area contributed by atoms with E-state index in [4.69, 9.17) is 14.4 Å². The second-order valence-corrected chi connectivity index (χ2v) is 1.84. The summed E-state index contributed by atoms with van der Waals surface area (Å²) in [4.78, 5) is 33.1. The van der Waals surface area contributed by atoms with Gasteiger partial charge in [0.05, 0.1) is 0 Å². The molecule has 1 rings (SSSR count). The molecule has 0 spiro atoms. The van der Waals surface area contributed by atoms with E-state index in [-0.39, 0.29) is 17.1 Å². The normalized spacial score (nSPS) is 10.1. The zero-order valence-corrected chi connectivity index (χ0v) is 9.09. The van der Waals surface area contributed by atoms with Gasteiger partial charge >= 0.3 is 17.1 Å². The Bertz CT molecular complexity index is 164. The summed E-state index contributed by atoms with van der Waals surface area (Å²) in [6, 6.07) is 0. The van der Waals surface area contributed by atoms with E-state index in [2.05, 4.69) is 20.4 Å². The first kappa shape index (κ1) is 23.5. The van der Waals surface area contributed by atoms with E-state index < -0.39 is 0 Å². The van der Waals surface area contributed by atoms with Gasteiger partial charge in [0.15, 0.2) is 0 Å². The summed E-state index contributed by atoms with van der Waals surface area (Å²) in [7, 11) is 0. The van der Waals surface area contributed by atoms with Crippen molar-refractivity contribution >= 4 is 26.7 Å². The first-order valence-corrected chi connectivity index (χ1v) is 3.43. The molecule has 1 aliphatic rings. The van der Waals surface area contributed by atoms with Crippen molar-refractivity contribution in [2.24, 2.45) is 5.92 Å². The molecule has 5 heteroatoms. The van der Waals surface area contributed by atoms with Crippen LogP contribution in [0, 0.1) is 5.92 Å². The predicted molar refractivity (Wildman–Crippen MR) is 52.7 cm³/mol. The molecule has 0 bridgehead atoms. The van der Waals surface area contributed by atoms with Crippen LogP contribution in [0.4, 0.5) is 0 Å². The van der Waals surface area contributed by atoms with E-state index in [1.54, 1.807) is 0 Å². The molecule has 0 N–H and O–H groups in total. The van der Waals surface area contributed by atoms with E-state index in [1.165, 1.54) is 0 Å². The molecule has 82 valence electrons. The summed E-state index contributed by atoms with van der Waals surface area (Å²) in [6.07, 6.45) is 9.56. The summed E-state index contributed by atoms with van der Waals surface area (Å²) in [5.41, 5.74) is 0. The van der Waals surface area contributed by atoms with Crippen LogP contribution in [0.15, 0.2) is 24.3 Å². The minimum atomic E-state index is 0. The van der Waals surface area contributed by atoms with Crippen LogP contribution in [0.25, 0.3) is 0 Å². The Morgan fingerprint density at radius 1 is 0.933 bits per heavy atom. The van der Waals surface area contributed by atoms with Crippen molar-refractivity contribution in [2.45, 2.75) is 6.42 Å². The molecular formula is C10H11MnO4. The molecule has 0 fully saturated rings. The molecule has 0 radical (unpaired) electrons. The summed E-state index contributed by atoms with van der Waals surface area (Å²) < 4.78 is 0. The van der Waals surface area contributed by atoms with E-state index in [1.807, 2.05) is 24.3 Å². The third-order valence-corrected chi connectivity index (χ3v) is 1.20. The number of aldehydes is 1. The molecular weight excluding hydrogens is 239 g/mol. The first-order valence-electron chi connectivity index (χ1n) is 3.43. The van der Waals surface area contributed by atoms with Crippen LogP contribution < -0.4 is 0 Å². The zero-order chi connectivity index (χ0) is 11.8. The molecule has 0 aliphatic heterocycles. The molecule has 0 unspecified atom stereocenters. The molecule has 15 heavy (non-hydrogen) atoms. The number of carbonyl (C=O) groups is 1. The van der Waals surface area contributed by atoms with Crippen molar-refractivity contribution in [1.82, 2.24) is 0 Å². The van der Waals surface area contributed by atoms with Crippen molar-refractivity contribution < 1.29 is 36.2 Å². The van der Waals surface area contributed by atoms with Gasteiger partial charge in [0.2, 0.25) is 0 Å². The van der Waals surface area contributed by atoms with Crippen molar-refractivity contribution in [3.63, 3.8) is 0 Å². The van der Waals surface area contributed by atoms with Crippen molar-refractivity contribution in [3.8, 4) is 0 Å². The largest absolute Gasteiger partial charge is 3.00 e. The number of hydrogen-bond donors (Lipinski definition) is 0. The molecule has 1 aliphatic carbocycles. The third kappa shape index (κ3) is 19.2. The summed E-state index contributed by atoms with van der Waals surface area (Å²) >= 11 is 0. The van der Waals surface area contributed by atoms with Gasteiger partial charge in [-0.3, -0.25) is 20.4 Å². The van der Waals surface area contributed by atoms with E-state index in [0.717, 1.165) is 6.29 Å². The molecule has 0 heterocycles. The minimum Gasteiger partial charge on any atom is -0.545 e. The quantitative estimate of drug-likeness (QED) is 0.406. The van der Waals surface area contributed by atoms with Crippen molar-refractivity contribution in [2.75, 3.05) is 0 Å². The van der Waals surface area contributed by atoms with Crippen LogP contribution in [0.2, 0.25) is 0 Å². The molecule has 0 aromatic heterocycles. The Morgan fingerprint density at radius 3 is 1.53 bits per heavy atom. The van der Waals surface area contributed by atoms with Gasteiger partial charge in [-0.05, 0) is 0 Å². The number of carbonyl (C=O) groups excluding carboxylic acids is 4. The zero-order valence-electron chi connectivity index (χ0n) is 7.91. The van der Waals surface area contributed by atoms with Gasteiger partial charge in [-0.15, -0.1) is 0 Å². The van der Waals surface area contributed by atoms with Gasteiger partial charge in [-0.25, -0.2) is 0 Å². The van der Waals surface area contributed by atoms with Crippen LogP contribution in [0.5, 0.6) is 0 Å². The standard InChI is InChI=1S/C7H8O.3CHO.Mn/c8-6-5-7-3-1-2-4-7;3*1-2;/h1-4,6-7H,5H2;3*1H;/q;3*-1;+3. The molecule has 0 atom stereocenters. The third-order valence-electron chi connectivity index (χ3n) is 1.20. The molecule has 4 nitrogen and oxygen atoms in total. The Labute approximate surface area is 99.9 Å². The topological polar surface area (TPSA) is 68.3 Å². The Morgan fingerprint density at radius 2 is 1.27 bits per heavy atom. The number of allylic oxidation sites excluding steroid dienone is 4. The van der Waals surface area contributed by atoms with Crippen LogP contribution in [-0.2, 0) is 36.2 Å². The van der Waals surface area contributed by atoms with Gasteiger partial charge in [0.1, 0.15) is 6.29 Å². The fourth-order valence-electron chi connectivity index (χ4n) is 0.746. The van der Waals surface area contributed by atoms with Crippen molar-refractivity contribution in [3.05, 3.63) is 24.3 Å². The van der Waals surface area contributed by atoms with E-state index in [9.17, 15) is 4.79 Å². The summed E-state index contributed by atoms with van der Waals surface area (Å²) in [5, 5.41) is 0. The van der Waals surface area contributed by atoms with Crippen LogP contribution >= 0.6 is 0 Å². The molecule has 0 amide bonds. The molecule has 0 aromatic rings. The Kier molecular flexibility index (Phi) is 45.9. The Hall–Kier alpha value is -1.32. The molecule has 0 saturated heterocycles. The fraction of sp³-hybridized carbons (Fsp3) is 0.200. The minimum absolute atomic E-state index is 0. The maximum Gasteiger partial charge on any atom is 3.00 e. The monoisotopic (exact) mass is 250 g/mol. The van der Waals surface area contributed by atoms with Crippen LogP contribution in [-0.4, -0.2) is 26.7 Å². The maximum atomic E-state index is 9.89. The average Bonchev–Trinajstić information content (AvgIpc) is 2.80. The smallest absolute Gasteiger partial charge is 0.545 e. The van der Waals surface area contributed by atoms with Gasteiger partial charge in [-0.1, -0.05) is 24.3 Å². The second kappa shape index (κ2) is 29.3. The van der Waals surface area contributed by atoms with Gasteiger partial charge in [0.25, 0.3) is 0 Å². The maximum absolute atomic E-state index is 9.89.